The van der Waals surface area contributed by atoms with Gasteiger partial charge in [-0.1, -0.05) is 13.8 Å². The summed E-state index contributed by atoms with van der Waals surface area (Å²) in [7, 11) is 2.15. The van der Waals surface area contributed by atoms with Gasteiger partial charge in [-0.25, -0.2) is 0 Å². The molecule has 1 saturated heterocycles. The van der Waals surface area contributed by atoms with Crippen LogP contribution >= 0.6 is 0 Å². The second kappa shape index (κ2) is 7.97. The molecule has 2 heterocycles. The summed E-state index contributed by atoms with van der Waals surface area (Å²) in [5.41, 5.74) is 1.27. The van der Waals surface area contributed by atoms with Gasteiger partial charge in [0.2, 0.25) is 0 Å². The minimum atomic E-state index is 0.369. The van der Waals surface area contributed by atoms with Crippen molar-refractivity contribution in [1.29, 1.82) is 0 Å². The van der Waals surface area contributed by atoms with Gasteiger partial charge in [-0.3, -0.25) is 4.90 Å². The monoisotopic (exact) mass is 294 g/mol. The van der Waals surface area contributed by atoms with E-state index in [2.05, 4.69) is 37.2 Å². The summed E-state index contributed by atoms with van der Waals surface area (Å²) in [6.45, 7) is 10.5. The van der Waals surface area contributed by atoms with Crippen LogP contribution in [-0.2, 0) is 11.3 Å². The average molecular weight is 294 g/mol. The van der Waals surface area contributed by atoms with Gasteiger partial charge in [0.25, 0.3) is 0 Å². The summed E-state index contributed by atoms with van der Waals surface area (Å²) in [6, 6.07) is 2.06. The zero-order valence-electron chi connectivity index (χ0n) is 13.9. The van der Waals surface area contributed by atoms with Crippen molar-refractivity contribution in [2.45, 2.75) is 52.4 Å². The van der Waals surface area contributed by atoms with Crippen LogP contribution in [0.15, 0.2) is 16.7 Å². The predicted octanol–water partition coefficient (Wildman–Crippen LogP) is 2.81. The SMILES string of the molecule is Cc1occc1CN(C)CC1CCC(CNCC(C)C)O1. The Morgan fingerprint density at radius 2 is 2.10 bits per heavy atom. The molecule has 1 N–H and O–H groups in total. The van der Waals surface area contributed by atoms with Crippen LogP contribution in [0.5, 0.6) is 0 Å². The summed E-state index contributed by atoms with van der Waals surface area (Å²) in [5.74, 6) is 1.72. The maximum absolute atomic E-state index is 6.14. The molecule has 120 valence electrons. The van der Waals surface area contributed by atoms with Crippen molar-refractivity contribution in [3.63, 3.8) is 0 Å². The highest BCUT2D eigenvalue weighted by atomic mass is 16.5. The van der Waals surface area contributed by atoms with E-state index in [1.807, 2.05) is 6.92 Å². The summed E-state index contributed by atoms with van der Waals surface area (Å²) < 4.78 is 11.5. The molecule has 2 rings (SSSR count). The summed E-state index contributed by atoms with van der Waals surface area (Å²) >= 11 is 0. The van der Waals surface area contributed by atoms with Gasteiger partial charge in [-0.05, 0) is 45.3 Å². The number of hydrogen-bond acceptors (Lipinski definition) is 4. The molecule has 0 aliphatic carbocycles. The van der Waals surface area contributed by atoms with Crippen molar-refractivity contribution in [2.75, 3.05) is 26.7 Å². The van der Waals surface area contributed by atoms with Gasteiger partial charge >= 0.3 is 0 Å². The molecule has 21 heavy (non-hydrogen) atoms. The second-order valence-corrected chi connectivity index (χ2v) is 6.71. The molecule has 0 bridgehead atoms. The molecular weight excluding hydrogens is 264 g/mol. The lowest BCUT2D eigenvalue weighted by molar-refractivity contribution is 0.0264. The highest BCUT2D eigenvalue weighted by molar-refractivity contribution is 5.15. The Balaban J connectivity index is 1.66. The van der Waals surface area contributed by atoms with Crippen molar-refractivity contribution >= 4 is 0 Å². The van der Waals surface area contributed by atoms with Gasteiger partial charge in [0, 0.05) is 25.2 Å². The lowest BCUT2D eigenvalue weighted by Gasteiger charge is -2.21. The van der Waals surface area contributed by atoms with E-state index in [1.54, 1.807) is 6.26 Å². The molecule has 0 spiro atoms. The van der Waals surface area contributed by atoms with E-state index in [1.165, 1.54) is 18.4 Å². The molecule has 0 aromatic carbocycles. The zero-order chi connectivity index (χ0) is 15.2. The van der Waals surface area contributed by atoms with Crippen molar-refractivity contribution < 1.29 is 9.15 Å². The zero-order valence-corrected chi connectivity index (χ0v) is 13.9. The molecule has 1 aliphatic heterocycles. The largest absolute Gasteiger partial charge is 0.469 e. The fourth-order valence-electron chi connectivity index (χ4n) is 2.88. The Kier molecular flexibility index (Phi) is 6.27. The molecule has 1 aromatic rings. The fourth-order valence-corrected chi connectivity index (χ4v) is 2.88. The number of ether oxygens (including phenoxy) is 1. The normalized spacial score (nSPS) is 22.6. The molecule has 2 atom stereocenters. The summed E-state index contributed by atoms with van der Waals surface area (Å²) in [5, 5.41) is 3.49. The molecule has 0 saturated carbocycles. The topological polar surface area (TPSA) is 37.6 Å². The molecule has 1 fully saturated rings. The maximum atomic E-state index is 6.14. The van der Waals surface area contributed by atoms with Gasteiger partial charge in [0.15, 0.2) is 0 Å². The third-order valence-corrected chi connectivity index (χ3v) is 4.04. The van der Waals surface area contributed by atoms with Crippen LogP contribution in [0.4, 0.5) is 0 Å². The van der Waals surface area contributed by atoms with Crippen LogP contribution in [0.3, 0.4) is 0 Å². The van der Waals surface area contributed by atoms with E-state index in [0.29, 0.717) is 18.1 Å². The molecular formula is C17H30N2O2. The molecule has 2 unspecified atom stereocenters. The van der Waals surface area contributed by atoms with Crippen molar-refractivity contribution in [3.8, 4) is 0 Å². The number of rotatable bonds is 8. The third kappa shape index (κ3) is 5.46. The Morgan fingerprint density at radius 3 is 2.76 bits per heavy atom. The molecule has 4 nitrogen and oxygen atoms in total. The van der Waals surface area contributed by atoms with Crippen LogP contribution < -0.4 is 5.32 Å². The average Bonchev–Trinajstić information content (AvgIpc) is 3.00. The van der Waals surface area contributed by atoms with Crippen LogP contribution in [0.2, 0.25) is 0 Å². The van der Waals surface area contributed by atoms with Crippen molar-refractivity contribution in [1.82, 2.24) is 10.2 Å². The Morgan fingerprint density at radius 1 is 1.33 bits per heavy atom. The standard InChI is InChI=1S/C17H30N2O2/c1-13(2)9-18-10-16-5-6-17(21-16)12-19(4)11-15-7-8-20-14(15)3/h7-8,13,16-18H,5-6,9-12H2,1-4H3. The highest BCUT2D eigenvalue weighted by Gasteiger charge is 2.26. The Hall–Kier alpha value is -0.840. The van der Waals surface area contributed by atoms with E-state index < -0.39 is 0 Å². The number of likely N-dealkylation sites (N-methyl/N-ethyl adjacent to an activating group) is 1. The highest BCUT2D eigenvalue weighted by Crippen LogP contribution is 2.21. The van der Waals surface area contributed by atoms with E-state index >= 15 is 0 Å². The van der Waals surface area contributed by atoms with Crippen LogP contribution in [0, 0.1) is 12.8 Å². The summed E-state index contributed by atoms with van der Waals surface area (Å²) in [6.07, 6.45) is 4.86. The quantitative estimate of drug-likeness (QED) is 0.800. The minimum Gasteiger partial charge on any atom is -0.469 e. The van der Waals surface area contributed by atoms with Gasteiger partial charge in [-0.2, -0.15) is 0 Å². The van der Waals surface area contributed by atoms with Crippen molar-refractivity contribution in [2.24, 2.45) is 5.92 Å². The first-order valence-electron chi connectivity index (χ1n) is 8.12. The number of nitrogens with zero attached hydrogens (tertiary/aromatic N) is 1. The molecule has 1 aliphatic rings. The van der Waals surface area contributed by atoms with Crippen LogP contribution in [0.25, 0.3) is 0 Å². The fraction of sp³-hybridized carbons (Fsp3) is 0.765. The lowest BCUT2D eigenvalue weighted by Crippen LogP contribution is -2.32. The van der Waals surface area contributed by atoms with E-state index in [9.17, 15) is 0 Å². The smallest absolute Gasteiger partial charge is 0.105 e. The van der Waals surface area contributed by atoms with Crippen molar-refractivity contribution in [3.05, 3.63) is 23.7 Å². The maximum Gasteiger partial charge on any atom is 0.105 e. The van der Waals surface area contributed by atoms with Gasteiger partial charge in [0.1, 0.15) is 5.76 Å². The molecule has 4 heteroatoms. The van der Waals surface area contributed by atoms with Gasteiger partial charge in [-0.15, -0.1) is 0 Å². The lowest BCUT2D eigenvalue weighted by atomic mass is 10.1. The number of nitrogens with one attached hydrogen (secondary N) is 1. The Labute approximate surface area is 128 Å². The number of furan rings is 1. The van der Waals surface area contributed by atoms with Gasteiger partial charge in [0.05, 0.1) is 18.5 Å². The van der Waals surface area contributed by atoms with E-state index in [4.69, 9.17) is 9.15 Å². The van der Waals surface area contributed by atoms with Crippen LogP contribution in [-0.4, -0.2) is 43.8 Å². The third-order valence-electron chi connectivity index (χ3n) is 4.04. The first-order chi connectivity index (χ1) is 10.0. The first-order valence-corrected chi connectivity index (χ1v) is 8.12. The van der Waals surface area contributed by atoms with Crippen LogP contribution in [0.1, 0.15) is 38.0 Å². The number of hydrogen-bond donors (Lipinski definition) is 1. The predicted molar refractivity (Wildman–Crippen MR) is 85.4 cm³/mol. The minimum absolute atomic E-state index is 0.369. The van der Waals surface area contributed by atoms with E-state index in [0.717, 1.165) is 31.9 Å². The molecule has 1 aromatic heterocycles. The first kappa shape index (κ1) is 16.5. The Bertz CT molecular complexity index is 417. The molecule has 0 radical (unpaired) electrons. The van der Waals surface area contributed by atoms with Gasteiger partial charge < -0.3 is 14.5 Å². The number of aryl methyl sites for hydroxylation is 1. The second-order valence-electron chi connectivity index (χ2n) is 6.71. The van der Waals surface area contributed by atoms with E-state index in [-0.39, 0.29) is 0 Å². The molecule has 0 amide bonds. The summed E-state index contributed by atoms with van der Waals surface area (Å²) in [4.78, 5) is 2.33.